The summed E-state index contributed by atoms with van der Waals surface area (Å²) in [5.74, 6) is 0.946. The summed E-state index contributed by atoms with van der Waals surface area (Å²) in [5.41, 5.74) is 2.86. The molecule has 4 heterocycles. The van der Waals surface area contributed by atoms with Crippen molar-refractivity contribution >= 4 is 0 Å². The van der Waals surface area contributed by atoms with Crippen LogP contribution in [0.4, 0.5) is 0 Å². The van der Waals surface area contributed by atoms with Crippen LogP contribution >= 0.6 is 0 Å². The molecule has 4 saturated heterocycles. The molecular weight excluding hydrogens is 382 g/mol. The maximum atomic E-state index is 5.37. The van der Waals surface area contributed by atoms with Gasteiger partial charge in [-0.2, -0.15) is 0 Å². The molecule has 3 atom stereocenters. The summed E-state index contributed by atoms with van der Waals surface area (Å²) in [7, 11) is 1.74. The van der Waals surface area contributed by atoms with Crippen LogP contribution in [0.3, 0.4) is 0 Å². The number of hydrogen-bond donors (Lipinski definition) is 0. The smallest absolute Gasteiger partial charge is 0.118 e. The van der Waals surface area contributed by atoms with Crippen LogP contribution in [-0.2, 0) is 13.1 Å². The highest BCUT2D eigenvalue weighted by molar-refractivity contribution is 5.27. The number of rotatable bonds is 6. The lowest BCUT2D eigenvalue weighted by molar-refractivity contribution is -0.0382. The molecule has 0 amide bonds. The predicted molar refractivity (Wildman–Crippen MR) is 126 cm³/mol. The zero-order chi connectivity index (χ0) is 21.0. The van der Waals surface area contributed by atoms with Crippen LogP contribution in [0.1, 0.15) is 43.2 Å². The van der Waals surface area contributed by atoms with Gasteiger partial charge in [0.05, 0.1) is 7.11 Å². The molecule has 4 nitrogen and oxygen atoms in total. The van der Waals surface area contributed by atoms with Crippen molar-refractivity contribution in [2.24, 2.45) is 0 Å². The van der Waals surface area contributed by atoms with E-state index in [2.05, 4.69) is 69.3 Å². The Balaban J connectivity index is 1.38. The minimum Gasteiger partial charge on any atom is -0.497 e. The first-order chi connectivity index (χ1) is 15.3. The van der Waals surface area contributed by atoms with Gasteiger partial charge in [0, 0.05) is 44.3 Å². The topological polar surface area (TPSA) is 19.0 Å². The summed E-state index contributed by atoms with van der Waals surface area (Å²) in [6, 6.07) is 21.8. The first-order valence-corrected chi connectivity index (χ1v) is 12.2. The van der Waals surface area contributed by atoms with Crippen LogP contribution in [0.15, 0.2) is 54.6 Å². The van der Waals surface area contributed by atoms with Gasteiger partial charge in [-0.15, -0.1) is 0 Å². The maximum absolute atomic E-state index is 5.37. The molecule has 4 heteroatoms. The van der Waals surface area contributed by atoms with E-state index in [0.29, 0.717) is 18.1 Å². The number of benzene rings is 2. The molecule has 0 aromatic heterocycles. The fraction of sp³-hybridized carbons (Fsp3) is 0.556. The monoisotopic (exact) mass is 419 g/mol. The van der Waals surface area contributed by atoms with E-state index in [0.717, 1.165) is 18.8 Å². The van der Waals surface area contributed by atoms with Crippen molar-refractivity contribution in [3.05, 3.63) is 65.7 Å². The largest absolute Gasteiger partial charge is 0.497 e. The quantitative estimate of drug-likeness (QED) is 0.691. The van der Waals surface area contributed by atoms with E-state index < -0.39 is 0 Å². The van der Waals surface area contributed by atoms with Gasteiger partial charge in [-0.05, 0) is 62.0 Å². The first-order valence-electron chi connectivity index (χ1n) is 12.2. The van der Waals surface area contributed by atoms with Crippen LogP contribution in [0.5, 0.6) is 5.75 Å². The van der Waals surface area contributed by atoms with Crippen LogP contribution in [0, 0.1) is 0 Å². The van der Waals surface area contributed by atoms with Gasteiger partial charge in [0.2, 0.25) is 0 Å². The molecule has 0 radical (unpaired) electrons. The fourth-order valence-corrected chi connectivity index (χ4v) is 6.08. The molecular formula is C27H37N3O. The third kappa shape index (κ3) is 4.82. The Kier molecular flexibility index (Phi) is 6.58. The van der Waals surface area contributed by atoms with E-state index in [4.69, 9.17) is 4.74 Å². The molecule has 6 rings (SSSR count). The standard InChI is InChI=1S/C27H37N3O/c1-31-25-14-12-23(13-15-25)19-30-20-24-10-7-11-26(28-16-5-6-17-28)27(30)21-29(24)18-22-8-3-2-4-9-22/h2-4,8-9,12-15,24,26-27H,5-7,10-11,16-21H2,1H3/t24-,26-,27+/m1/s1. The second-order valence-corrected chi connectivity index (χ2v) is 9.66. The molecule has 4 fully saturated rings. The average Bonchev–Trinajstić information content (AvgIpc) is 3.32. The Bertz CT molecular complexity index is 818. The van der Waals surface area contributed by atoms with Gasteiger partial charge in [0.25, 0.3) is 0 Å². The van der Waals surface area contributed by atoms with Crippen molar-refractivity contribution < 1.29 is 4.74 Å². The number of hydrogen-bond acceptors (Lipinski definition) is 4. The summed E-state index contributed by atoms with van der Waals surface area (Å²) in [5, 5.41) is 0. The fourth-order valence-electron chi connectivity index (χ4n) is 6.08. The highest BCUT2D eigenvalue weighted by Crippen LogP contribution is 2.33. The molecule has 2 aromatic rings. The zero-order valence-electron chi connectivity index (χ0n) is 19.0. The Morgan fingerprint density at radius 3 is 2.19 bits per heavy atom. The number of likely N-dealkylation sites (tertiary alicyclic amines) is 1. The van der Waals surface area contributed by atoms with Crippen LogP contribution in [0.25, 0.3) is 0 Å². The normalized spacial score (nSPS) is 27.8. The van der Waals surface area contributed by atoms with Crippen molar-refractivity contribution in [2.45, 2.75) is 63.3 Å². The first kappa shape index (κ1) is 21.0. The van der Waals surface area contributed by atoms with E-state index >= 15 is 0 Å². The molecule has 4 aliphatic rings. The van der Waals surface area contributed by atoms with Crippen molar-refractivity contribution in [3.63, 3.8) is 0 Å². The van der Waals surface area contributed by atoms with Crippen LogP contribution in [0.2, 0.25) is 0 Å². The molecule has 2 bridgehead atoms. The van der Waals surface area contributed by atoms with Gasteiger partial charge in [-0.25, -0.2) is 0 Å². The number of nitrogens with zero attached hydrogens (tertiary/aromatic N) is 3. The van der Waals surface area contributed by atoms with Crippen LogP contribution < -0.4 is 4.74 Å². The molecule has 2 aromatic carbocycles. The zero-order valence-corrected chi connectivity index (χ0v) is 19.0. The molecule has 0 saturated carbocycles. The number of methoxy groups -OCH3 is 1. The molecule has 0 N–H and O–H groups in total. The summed E-state index contributed by atoms with van der Waals surface area (Å²) >= 11 is 0. The number of piperazine rings is 1. The molecule has 4 aliphatic heterocycles. The lowest BCUT2D eigenvalue weighted by Gasteiger charge is -2.53. The van der Waals surface area contributed by atoms with Gasteiger partial charge in [-0.1, -0.05) is 48.9 Å². The van der Waals surface area contributed by atoms with Crippen molar-refractivity contribution in [1.82, 2.24) is 14.7 Å². The van der Waals surface area contributed by atoms with Gasteiger partial charge in [0.1, 0.15) is 5.75 Å². The molecule has 0 aliphatic carbocycles. The molecule has 0 unspecified atom stereocenters. The third-order valence-electron chi connectivity index (χ3n) is 7.72. The van der Waals surface area contributed by atoms with Gasteiger partial charge in [-0.3, -0.25) is 14.7 Å². The molecule has 0 spiro atoms. The SMILES string of the molecule is COc1ccc(CN2C[C@H]3CCC[C@@H](N4CCCC4)[C@@H]2CN3Cc2ccccc2)cc1. The summed E-state index contributed by atoms with van der Waals surface area (Å²) in [6.07, 6.45) is 6.79. The average molecular weight is 420 g/mol. The van der Waals surface area contributed by atoms with E-state index in [1.165, 1.54) is 69.4 Å². The Labute approximate surface area is 187 Å². The van der Waals surface area contributed by atoms with E-state index in [9.17, 15) is 0 Å². The predicted octanol–water partition coefficient (Wildman–Crippen LogP) is 4.40. The molecule has 166 valence electrons. The van der Waals surface area contributed by atoms with Gasteiger partial charge < -0.3 is 4.74 Å². The minimum atomic E-state index is 0.612. The summed E-state index contributed by atoms with van der Waals surface area (Å²) in [6.45, 7) is 7.10. The summed E-state index contributed by atoms with van der Waals surface area (Å²) in [4.78, 5) is 8.43. The Hall–Kier alpha value is -1.88. The third-order valence-corrected chi connectivity index (χ3v) is 7.72. The lowest BCUT2D eigenvalue weighted by Crippen LogP contribution is -2.64. The van der Waals surface area contributed by atoms with Crippen molar-refractivity contribution in [3.8, 4) is 5.75 Å². The minimum absolute atomic E-state index is 0.612. The second kappa shape index (κ2) is 9.72. The van der Waals surface area contributed by atoms with E-state index in [1.54, 1.807) is 7.11 Å². The lowest BCUT2D eigenvalue weighted by atomic mass is 9.88. The Morgan fingerprint density at radius 1 is 0.742 bits per heavy atom. The van der Waals surface area contributed by atoms with Crippen molar-refractivity contribution in [1.29, 1.82) is 0 Å². The van der Waals surface area contributed by atoms with E-state index in [-0.39, 0.29) is 0 Å². The highest BCUT2D eigenvalue weighted by Gasteiger charge is 2.42. The second-order valence-electron chi connectivity index (χ2n) is 9.66. The highest BCUT2D eigenvalue weighted by atomic mass is 16.5. The maximum Gasteiger partial charge on any atom is 0.118 e. The van der Waals surface area contributed by atoms with E-state index in [1.807, 2.05) is 0 Å². The van der Waals surface area contributed by atoms with Crippen molar-refractivity contribution in [2.75, 3.05) is 33.3 Å². The Morgan fingerprint density at radius 2 is 1.45 bits per heavy atom. The van der Waals surface area contributed by atoms with Crippen LogP contribution in [-0.4, -0.2) is 66.1 Å². The van der Waals surface area contributed by atoms with Gasteiger partial charge in [0.15, 0.2) is 0 Å². The summed E-state index contributed by atoms with van der Waals surface area (Å²) < 4.78 is 5.37. The molecule has 31 heavy (non-hydrogen) atoms. The van der Waals surface area contributed by atoms with Gasteiger partial charge >= 0.3 is 0 Å². The number of fused-ring (bicyclic) bond motifs is 5. The number of ether oxygens (including phenoxy) is 1.